The van der Waals surface area contributed by atoms with Crippen molar-refractivity contribution in [2.45, 2.75) is 13.3 Å². The molecule has 0 heterocycles. The van der Waals surface area contributed by atoms with Crippen LogP contribution in [0.5, 0.6) is 0 Å². The van der Waals surface area contributed by atoms with E-state index in [4.69, 9.17) is 9.84 Å². The summed E-state index contributed by atoms with van der Waals surface area (Å²) in [6.45, 7) is 3.77. The number of benzene rings is 1. The molecule has 0 aromatic heterocycles. The van der Waals surface area contributed by atoms with Gasteiger partial charge < -0.3 is 20.5 Å². The molecule has 0 bridgehead atoms. The van der Waals surface area contributed by atoms with E-state index in [1.807, 2.05) is 6.92 Å². The van der Waals surface area contributed by atoms with Crippen molar-refractivity contribution in [1.29, 1.82) is 0 Å². The highest BCUT2D eigenvalue weighted by Gasteiger charge is 2.00. The number of urea groups is 1. The maximum atomic E-state index is 11.6. The number of hydrogen-bond donors (Lipinski definition) is 3. The van der Waals surface area contributed by atoms with Gasteiger partial charge in [0.05, 0.1) is 0 Å². The zero-order valence-corrected chi connectivity index (χ0v) is 12.0. The van der Waals surface area contributed by atoms with Gasteiger partial charge in [0.25, 0.3) is 0 Å². The van der Waals surface area contributed by atoms with Gasteiger partial charge in [-0.05, 0) is 37.1 Å². The summed E-state index contributed by atoms with van der Waals surface area (Å²) in [4.78, 5) is 22.0. The Balaban J connectivity index is 2.34. The first kappa shape index (κ1) is 16.7. The first-order valence-corrected chi connectivity index (χ1v) is 6.75. The van der Waals surface area contributed by atoms with Crippen molar-refractivity contribution in [3.63, 3.8) is 0 Å². The molecule has 2 amide bonds. The highest BCUT2D eigenvalue weighted by atomic mass is 16.5. The molecule has 1 rings (SSSR count). The van der Waals surface area contributed by atoms with E-state index >= 15 is 0 Å². The van der Waals surface area contributed by atoms with E-state index in [9.17, 15) is 9.59 Å². The summed E-state index contributed by atoms with van der Waals surface area (Å²) in [5.41, 5.74) is 1.39. The number of anilines is 1. The smallest absolute Gasteiger partial charge is 0.328 e. The van der Waals surface area contributed by atoms with Crippen LogP contribution in [-0.4, -0.2) is 36.9 Å². The molecule has 21 heavy (non-hydrogen) atoms. The van der Waals surface area contributed by atoms with Gasteiger partial charge in [0.1, 0.15) is 0 Å². The third-order valence-corrected chi connectivity index (χ3v) is 2.54. The maximum absolute atomic E-state index is 11.6. The molecule has 0 unspecified atom stereocenters. The number of carboxylic acids is 1. The molecule has 0 fully saturated rings. The van der Waals surface area contributed by atoms with Gasteiger partial charge in [-0.1, -0.05) is 12.1 Å². The van der Waals surface area contributed by atoms with Crippen LogP contribution in [0.15, 0.2) is 30.3 Å². The fraction of sp³-hybridized carbons (Fsp3) is 0.333. The molecule has 3 N–H and O–H groups in total. The van der Waals surface area contributed by atoms with Gasteiger partial charge in [-0.25, -0.2) is 9.59 Å². The summed E-state index contributed by atoms with van der Waals surface area (Å²) >= 11 is 0. The van der Waals surface area contributed by atoms with Crippen LogP contribution < -0.4 is 10.6 Å². The second kappa shape index (κ2) is 9.55. The van der Waals surface area contributed by atoms with E-state index in [1.54, 1.807) is 24.3 Å². The van der Waals surface area contributed by atoms with Gasteiger partial charge in [0.2, 0.25) is 0 Å². The fourth-order valence-corrected chi connectivity index (χ4v) is 1.54. The minimum absolute atomic E-state index is 0.277. The Morgan fingerprint density at radius 3 is 2.62 bits per heavy atom. The third-order valence-electron chi connectivity index (χ3n) is 2.54. The van der Waals surface area contributed by atoms with Gasteiger partial charge >= 0.3 is 12.0 Å². The molecule has 114 valence electrons. The first-order chi connectivity index (χ1) is 10.1. The van der Waals surface area contributed by atoms with E-state index in [2.05, 4.69) is 10.6 Å². The van der Waals surface area contributed by atoms with Crippen LogP contribution in [0, 0.1) is 0 Å². The van der Waals surface area contributed by atoms with Crippen molar-refractivity contribution in [3.8, 4) is 0 Å². The van der Waals surface area contributed by atoms with Gasteiger partial charge in [-0.15, -0.1) is 0 Å². The molecule has 0 atom stereocenters. The average Bonchev–Trinajstić information content (AvgIpc) is 2.46. The largest absolute Gasteiger partial charge is 0.478 e. The van der Waals surface area contributed by atoms with Crippen LogP contribution >= 0.6 is 0 Å². The van der Waals surface area contributed by atoms with E-state index in [0.29, 0.717) is 25.4 Å². The molecule has 0 aliphatic heterocycles. The Labute approximate surface area is 123 Å². The second-order valence-electron chi connectivity index (χ2n) is 4.22. The van der Waals surface area contributed by atoms with E-state index < -0.39 is 5.97 Å². The molecule has 6 nitrogen and oxygen atoms in total. The summed E-state index contributed by atoms with van der Waals surface area (Å²) in [6, 6.07) is 6.59. The maximum Gasteiger partial charge on any atom is 0.328 e. The van der Waals surface area contributed by atoms with E-state index in [-0.39, 0.29) is 6.03 Å². The number of carbonyl (C=O) groups is 2. The lowest BCUT2D eigenvalue weighted by molar-refractivity contribution is -0.131. The molecule has 1 aromatic carbocycles. The minimum Gasteiger partial charge on any atom is -0.478 e. The van der Waals surface area contributed by atoms with Crippen molar-refractivity contribution < 1.29 is 19.4 Å². The molecule has 0 radical (unpaired) electrons. The molecule has 0 aliphatic rings. The lowest BCUT2D eigenvalue weighted by atomic mass is 10.2. The summed E-state index contributed by atoms with van der Waals surface area (Å²) in [5.74, 6) is -0.997. The number of hydrogen-bond acceptors (Lipinski definition) is 3. The predicted molar refractivity (Wildman–Crippen MR) is 81.2 cm³/mol. The number of carbonyl (C=O) groups excluding carboxylic acids is 1. The van der Waals surface area contributed by atoms with Crippen LogP contribution in [0.25, 0.3) is 6.08 Å². The number of ether oxygens (including phenoxy) is 1. The van der Waals surface area contributed by atoms with Gasteiger partial charge in [0.15, 0.2) is 0 Å². The Kier molecular flexibility index (Phi) is 7.60. The normalized spacial score (nSPS) is 10.5. The van der Waals surface area contributed by atoms with E-state index in [1.165, 1.54) is 6.08 Å². The highest BCUT2D eigenvalue weighted by Crippen LogP contribution is 2.10. The lowest BCUT2D eigenvalue weighted by Gasteiger charge is -2.07. The number of rotatable bonds is 8. The van der Waals surface area contributed by atoms with Crippen molar-refractivity contribution >= 4 is 23.8 Å². The minimum atomic E-state index is -0.997. The topological polar surface area (TPSA) is 87.7 Å². The van der Waals surface area contributed by atoms with Gasteiger partial charge in [0, 0.05) is 31.5 Å². The van der Waals surface area contributed by atoms with E-state index in [0.717, 1.165) is 18.1 Å². The first-order valence-electron chi connectivity index (χ1n) is 6.75. The molecule has 0 spiro atoms. The lowest BCUT2D eigenvalue weighted by Crippen LogP contribution is -2.30. The fourth-order valence-electron chi connectivity index (χ4n) is 1.54. The molecule has 6 heteroatoms. The van der Waals surface area contributed by atoms with Crippen LogP contribution in [-0.2, 0) is 9.53 Å². The zero-order chi connectivity index (χ0) is 15.5. The number of amides is 2. The van der Waals surface area contributed by atoms with Crippen LogP contribution in [0.2, 0.25) is 0 Å². The monoisotopic (exact) mass is 292 g/mol. The molecule has 0 saturated carbocycles. The Bertz CT molecular complexity index is 483. The summed E-state index contributed by atoms with van der Waals surface area (Å²) in [7, 11) is 0. The average molecular weight is 292 g/mol. The summed E-state index contributed by atoms with van der Waals surface area (Å²) in [5, 5.41) is 13.9. The second-order valence-corrected chi connectivity index (χ2v) is 4.22. The highest BCUT2D eigenvalue weighted by molar-refractivity contribution is 5.89. The predicted octanol–water partition coefficient (Wildman–Crippen LogP) is 2.33. The number of aliphatic carboxylic acids is 1. The Morgan fingerprint density at radius 1 is 1.29 bits per heavy atom. The molecule has 0 saturated heterocycles. The van der Waals surface area contributed by atoms with Crippen LogP contribution in [0.1, 0.15) is 18.9 Å². The van der Waals surface area contributed by atoms with Gasteiger partial charge in [-0.2, -0.15) is 0 Å². The van der Waals surface area contributed by atoms with Crippen molar-refractivity contribution in [2.24, 2.45) is 0 Å². The molecule has 1 aromatic rings. The van der Waals surface area contributed by atoms with Crippen molar-refractivity contribution in [1.82, 2.24) is 5.32 Å². The van der Waals surface area contributed by atoms with Crippen LogP contribution in [0.3, 0.4) is 0 Å². The van der Waals surface area contributed by atoms with Gasteiger partial charge in [-0.3, -0.25) is 0 Å². The third kappa shape index (κ3) is 7.74. The summed E-state index contributed by atoms with van der Waals surface area (Å²) in [6.07, 6.45) is 3.31. The standard InChI is InChI=1S/C15H20N2O4/c1-2-21-11-3-10-16-15(20)17-13-7-4-12(5-8-13)6-9-14(18)19/h4-9H,2-3,10-11H2,1H3,(H,18,19)(H2,16,17,20). The SMILES string of the molecule is CCOCCCNC(=O)Nc1ccc(C=CC(=O)O)cc1. The zero-order valence-electron chi connectivity index (χ0n) is 12.0. The van der Waals surface area contributed by atoms with Crippen molar-refractivity contribution in [3.05, 3.63) is 35.9 Å². The number of nitrogens with one attached hydrogen (secondary N) is 2. The molecular formula is C15H20N2O4. The molecule has 0 aliphatic carbocycles. The Hall–Kier alpha value is -2.34. The van der Waals surface area contributed by atoms with Crippen molar-refractivity contribution in [2.75, 3.05) is 25.1 Å². The van der Waals surface area contributed by atoms with Crippen LogP contribution in [0.4, 0.5) is 10.5 Å². The summed E-state index contributed by atoms with van der Waals surface area (Å²) < 4.78 is 5.17. The molecular weight excluding hydrogens is 272 g/mol. The Morgan fingerprint density at radius 2 is 2.00 bits per heavy atom. The number of carboxylic acid groups (broad SMARTS) is 1. The quantitative estimate of drug-likeness (QED) is 0.507.